The SMILES string of the molecule is CCCCc1nnc(NC(=O)/C=C/c2ccc(OCc3c(Cl)cccc3Cl)c(OC)c2)s1. The molecule has 0 saturated carbocycles. The molecule has 0 atom stereocenters. The first-order chi connectivity index (χ1) is 15.5. The van der Waals surface area contributed by atoms with Gasteiger partial charge in [0.15, 0.2) is 11.5 Å². The molecule has 32 heavy (non-hydrogen) atoms. The van der Waals surface area contributed by atoms with E-state index in [0.717, 1.165) is 29.8 Å². The highest BCUT2D eigenvalue weighted by Gasteiger charge is 2.10. The average molecular weight is 492 g/mol. The highest BCUT2D eigenvalue weighted by molar-refractivity contribution is 7.15. The Labute approximate surface area is 201 Å². The monoisotopic (exact) mass is 491 g/mol. The van der Waals surface area contributed by atoms with Gasteiger partial charge >= 0.3 is 0 Å². The van der Waals surface area contributed by atoms with Crippen LogP contribution in [0.15, 0.2) is 42.5 Å². The van der Waals surface area contributed by atoms with Crippen LogP contribution in [0.3, 0.4) is 0 Å². The van der Waals surface area contributed by atoms with Gasteiger partial charge in [-0.25, -0.2) is 0 Å². The molecule has 1 heterocycles. The van der Waals surface area contributed by atoms with Crippen LogP contribution in [0.2, 0.25) is 10.0 Å². The lowest BCUT2D eigenvalue weighted by molar-refractivity contribution is -0.111. The number of carbonyl (C=O) groups is 1. The van der Waals surface area contributed by atoms with Crippen LogP contribution in [0.25, 0.3) is 6.08 Å². The van der Waals surface area contributed by atoms with Crippen molar-refractivity contribution in [1.29, 1.82) is 0 Å². The predicted molar refractivity (Wildman–Crippen MR) is 130 cm³/mol. The number of benzene rings is 2. The third kappa shape index (κ3) is 6.69. The van der Waals surface area contributed by atoms with Crippen molar-refractivity contribution < 1.29 is 14.3 Å². The standard InChI is InChI=1S/C23H23Cl2N3O3S/c1-3-4-8-22-27-28-23(32-22)26-21(29)12-10-15-9-11-19(20(13-15)30-2)31-14-16-17(24)6-5-7-18(16)25/h5-7,9-13H,3-4,8,14H2,1-2H3,(H,26,28,29)/b12-10+. The van der Waals surface area contributed by atoms with Gasteiger partial charge in [-0.05, 0) is 42.3 Å². The molecular weight excluding hydrogens is 469 g/mol. The van der Waals surface area contributed by atoms with Crippen LogP contribution in [-0.2, 0) is 17.8 Å². The number of hydrogen-bond acceptors (Lipinski definition) is 6. The predicted octanol–water partition coefficient (Wildman–Crippen LogP) is 6.43. The zero-order valence-electron chi connectivity index (χ0n) is 17.7. The Morgan fingerprint density at radius 2 is 1.94 bits per heavy atom. The molecule has 0 fully saturated rings. The van der Waals surface area contributed by atoms with E-state index in [1.54, 1.807) is 43.5 Å². The number of ether oxygens (including phenoxy) is 2. The molecule has 1 amide bonds. The molecule has 0 aliphatic heterocycles. The van der Waals surface area contributed by atoms with Gasteiger partial charge in [-0.3, -0.25) is 10.1 Å². The van der Waals surface area contributed by atoms with Crippen molar-refractivity contribution in [2.24, 2.45) is 0 Å². The molecule has 6 nitrogen and oxygen atoms in total. The average Bonchev–Trinajstić information content (AvgIpc) is 3.23. The molecule has 1 aromatic heterocycles. The van der Waals surface area contributed by atoms with Gasteiger partial charge in [-0.2, -0.15) is 0 Å². The second-order valence-electron chi connectivity index (χ2n) is 6.83. The lowest BCUT2D eigenvalue weighted by atomic mass is 10.2. The zero-order chi connectivity index (χ0) is 22.9. The van der Waals surface area contributed by atoms with E-state index in [4.69, 9.17) is 32.7 Å². The Hall–Kier alpha value is -2.61. The minimum atomic E-state index is -0.282. The molecule has 0 saturated heterocycles. The maximum absolute atomic E-state index is 12.2. The van der Waals surface area contributed by atoms with Crippen molar-refractivity contribution >= 4 is 51.7 Å². The summed E-state index contributed by atoms with van der Waals surface area (Å²) in [6.07, 6.45) is 6.13. The largest absolute Gasteiger partial charge is 0.493 e. The van der Waals surface area contributed by atoms with Crippen LogP contribution in [0.5, 0.6) is 11.5 Å². The molecule has 2 aromatic carbocycles. The number of amides is 1. The van der Waals surface area contributed by atoms with Crippen LogP contribution in [0.1, 0.15) is 35.9 Å². The molecular formula is C23H23Cl2N3O3S. The van der Waals surface area contributed by atoms with Crippen molar-refractivity contribution in [2.75, 3.05) is 12.4 Å². The van der Waals surface area contributed by atoms with Crippen LogP contribution < -0.4 is 14.8 Å². The molecule has 0 bridgehead atoms. The number of nitrogens with one attached hydrogen (secondary N) is 1. The molecule has 3 rings (SSSR count). The fraction of sp³-hybridized carbons (Fsp3) is 0.261. The fourth-order valence-electron chi connectivity index (χ4n) is 2.78. The number of hydrogen-bond donors (Lipinski definition) is 1. The lowest BCUT2D eigenvalue weighted by Crippen LogP contribution is -2.07. The summed E-state index contributed by atoms with van der Waals surface area (Å²) in [5.74, 6) is 0.787. The molecule has 0 aliphatic rings. The zero-order valence-corrected chi connectivity index (χ0v) is 20.1. The smallest absolute Gasteiger partial charge is 0.250 e. The Morgan fingerprint density at radius 1 is 1.16 bits per heavy atom. The van der Waals surface area contributed by atoms with Crippen molar-refractivity contribution in [3.63, 3.8) is 0 Å². The first-order valence-corrected chi connectivity index (χ1v) is 11.6. The molecule has 3 aromatic rings. The van der Waals surface area contributed by atoms with Gasteiger partial charge in [0.1, 0.15) is 11.6 Å². The number of carbonyl (C=O) groups excluding carboxylic acids is 1. The van der Waals surface area contributed by atoms with Gasteiger partial charge in [0.05, 0.1) is 7.11 Å². The number of halogens is 2. The van der Waals surface area contributed by atoms with Gasteiger partial charge in [0, 0.05) is 28.1 Å². The van der Waals surface area contributed by atoms with Gasteiger partial charge in [-0.1, -0.05) is 60.0 Å². The van der Waals surface area contributed by atoms with E-state index in [2.05, 4.69) is 22.4 Å². The molecule has 168 valence electrons. The van der Waals surface area contributed by atoms with Crippen LogP contribution >= 0.6 is 34.5 Å². The van der Waals surface area contributed by atoms with E-state index in [9.17, 15) is 4.79 Å². The Morgan fingerprint density at radius 3 is 2.66 bits per heavy atom. The number of nitrogens with zero attached hydrogens (tertiary/aromatic N) is 2. The minimum Gasteiger partial charge on any atom is -0.493 e. The quantitative estimate of drug-likeness (QED) is 0.331. The maximum Gasteiger partial charge on any atom is 0.250 e. The third-order valence-electron chi connectivity index (χ3n) is 4.49. The fourth-order valence-corrected chi connectivity index (χ4v) is 4.07. The van der Waals surface area contributed by atoms with E-state index >= 15 is 0 Å². The Balaban J connectivity index is 1.61. The van der Waals surface area contributed by atoms with E-state index in [-0.39, 0.29) is 12.5 Å². The highest BCUT2D eigenvalue weighted by atomic mass is 35.5. The normalized spacial score (nSPS) is 11.0. The van der Waals surface area contributed by atoms with Gasteiger partial charge in [0.2, 0.25) is 11.0 Å². The summed E-state index contributed by atoms with van der Waals surface area (Å²) in [5.41, 5.74) is 1.48. The summed E-state index contributed by atoms with van der Waals surface area (Å²) in [4.78, 5) is 12.2. The number of unbranched alkanes of at least 4 members (excludes halogenated alkanes) is 1. The Kier molecular flexibility index (Phi) is 8.90. The van der Waals surface area contributed by atoms with Crippen LogP contribution in [-0.4, -0.2) is 23.2 Å². The van der Waals surface area contributed by atoms with Crippen molar-refractivity contribution in [1.82, 2.24) is 10.2 Å². The molecule has 1 N–H and O–H groups in total. The van der Waals surface area contributed by atoms with E-state index in [1.807, 2.05) is 6.07 Å². The number of anilines is 1. The van der Waals surface area contributed by atoms with Gasteiger partial charge < -0.3 is 9.47 Å². The maximum atomic E-state index is 12.2. The van der Waals surface area contributed by atoms with Crippen LogP contribution in [0, 0.1) is 0 Å². The summed E-state index contributed by atoms with van der Waals surface area (Å²) in [5, 5.41) is 13.3. The van der Waals surface area contributed by atoms with E-state index in [0.29, 0.717) is 32.2 Å². The summed E-state index contributed by atoms with van der Waals surface area (Å²) in [6.45, 7) is 2.32. The second-order valence-corrected chi connectivity index (χ2v) is 8.70. The van der Waals surface area contributed by atoms with Crippen molar-refractivity contribution in [3.05, 3.63) is 68.7 Å². The lowest BCUT2D eigenvalue weighted by Gasteiger charge is -2.13. The van der Waals surface area contributed by atoms with E-state index in [1.165, 1.54) is 17.4 Å². The molecule has 0 spiro atoms. The summed E-state index contributed by atoms with van der Waals surface area (Å²) < 4.78 is 11.3. The second kappa shape index (κ2) is 11.9. The molecule has 0 aliphatic carbocycles. The van der Waals surface area contributed by atoms with Crippen molar-refractivity contribution in [2.45, 2.75) is 32.8 Å². The first-order valence-electron chi connectivity index (χ1n) is 10.0. The Bertz CT molecular complexity index is 1080. The number of methoxy groups -OCH3 is 1. The summed E-state index contributed by atoms with van der Waals surface area (Å²) >= 11 is 13.8. The van der Waals surface area contributed by atoms with Gasteiger partial charge in [-0.15, -0.1) is 10.2 Å². The van der Waals surface area contributed by atoms with Crippen LogP contribution in [0.4, 0.5) is 5.13 Å². The number of aryl methyl sites for hydroxylation is 1. The van der Waals surface area contributed by atoms with E-state index < -0.39 is 0 Å². The number of aromatic nitrogens is 2. The number of rotatable bonds is 10. The van der Waals surface area contributed by atoms with Crippen molar-refractivity contribution in [3.8, 4) is 11.5 Å². The first kappa shape index (κ1) is 24.0. The minimum absolute atomic E-state index is 0.203. The topological polar surface area (TPSA) is 73.3 Å². The third-order valence-corrected chi connectivity index (χ3v) is 6.10. The molecule has 0 unspecified atom stereocenters. The van der Waals surface area contributed by atoms with Gasteiger partial charge in [0.25, 0.3) is 0 Å². The molecule has 9 heteroatoms. The molecule has 0 radical (unpaired) electrons. The highest BCUT2D eigenvalue weighted by Crippen LogP contribution is 2.31. The summed E-state index contributed by atoms with van der Waals surface area (Å²) in [7, 11) is 1.55. The summed E-state index contributed by atoms with van der Waals surface area (Å²) in [6, 6.07) is 10.7.